The van der Waals surface area contributed by atoms with Crippen molar-refractivity contribution in [3.8, 4) is 0 Å². The standard InChI is InChI=1S/C15H11ClFNO3/c16-13-7-11(17)4-5-12(13)14(19)18-8-9-2-1-3-10(6-9)15(20)21/h1-7H,8H2,(H,18,19)(H,20,21). The highest BCUT2D eigenvalue weighted by Gasteiger charge is 2.11. The number of carbonyl (C=O) groups excluding carboxylic acids is 1. The van der Waals surface area contributed by atoms with Gasteiger partial charge in [-0.15, -0.1) is 0 Å². The number of carbonyl (C=O) groups is 2. The van der Waals surface area contributed by atoms with E-state index < -0.39 is 17.7 Å². The molecule has 0 aliphatic carbocycles. The SMILES string of the molecule is O=C(O)c1cccc(CNC(=O)c2ccc(F)cc2Cl)c1. The molecular formula is C15H11ClFNO3. The molecule has 0 spiro atoms. The number of benzene rings is 2. The Morgan fingerprint density at radius 2 is 1.95 bits per heavy atom. The monoisotopic (exact) mass is 307 g/mol. The molecule has 0 saturated heterocycles. The lowest BCUT2D eigenvalue weighted by Gasteiger charge is -2.07. The molecule has 4 nitrogen and oxygen atoms in total. The number of hydrogen-bond acceptors (Lipinski definition) is 2. The minimum absolute atomic E-state index is 0.0202. The average Bonchev–Trinajstić information content (AvgIpc) is 2.45. The second kappa shape index (κ2) is 6.37. The van der Waals surface area contributed by atoms with E-state index in [0.29, 0.717) is 5.56 Å². The van der Waals surface area contributed by atoms with Crippen LogP contribution in [0.5, 0.6) is 0 Å². The first-order chi connectivity index (χ1) is 9.97. The number of aromatic carboxylic acids is 1. The van der Waals surface area contributed by atoms with E-state index in [1.165, 1.54) is 18.2 Å². The molecule has 0 bridgehead atoms. The van der Waals surface area contributed by atoms with Gasteiger partial charge in [0.25, 0.3) is 5.91 Å². The van der Waals surface area contributed by atoms with Crippen LogP contribution in [0.15, 0.2) is 42.5 Å². The maximum atomic E-state index is 12.9. The van der Waals surface area contributed by atoms with Crippen molar-refractivity contribution in [3.05, 3.63) is 70.0 Å². The van der Waals surface area contributed by atoms with Gasteiger partial charge in [0.05, 0.1) is 16.1 Å². The zero-order valence-electron chi connectivity index (χ0n) is 10.8. The van der Waals surface area contributed by atoms with Gasteiger partial charge in [0.1, 0.15) is 5.82 Å². The minimum atomic E-state index is -1.04. The van der Waals surface area contributed by atoms with Gasteiger partial charge in [0.2, 0.25) is 0 Å². The summed E-state index contributed by atoms with van der Waals surface area (Å²) in [5.74, 6) is -2.02. The van der Waals surface area contributed by atoms with Crippen molar-refractivity contribution < 1.29 is 19.1 Å². The summed E-state index contributed by atoms with van der Waals surface area (Å²) in [4.78, 5) is 22.8. The first-order valence-corrected chi connectivity index (χ1v) is 6.40. The van der Waals surface area contributed by atoms with Gasteiger partial charge >= 0.3 is 5.97 Å². The molecule has 0 atom stereocenters. The molecule has 0 aliphatic rings. The quantitative estimate of drug-likeness (QED) is 0.912. The fourth-order valence-corrected chi connectivity index (χ4v) is 2.02. The maximum absolute atomic E-state index is 12.9. The fourth-order valence-electron chi connectivity index (χ4n) is 1.77. The lowest BCUT2D eigenvalue weighted by atomic mass is 10.1. The second-order valence-electron chi connectivity index (χ2n) is 4.31. The van der Waals surface area contributed by atoms with Crippen molar-refractivity contribution in [3.63, 3.8) is 0 Å². The highest BCUT2D eigenvalue weighted by molar-refractivity contribution is 6.33. The number of nitrogens with one attached hydrogen (secondary N) is 1. The summed E-state index contributed by atoms with van der Waals surface area (Å²) in [5, 5.41) is 11.5. The van der Waals surface area contributed by atoms with Gasteiger partial charge in [-0.3, -0.25) is 4.79 Å². The number of halogens is 2. The highest BCUT2D eigenvalue weighted by Crippen LogP contribution is 2.17. The van der Waals surface area contributed by atoms with Gasteiger partial charge in [0, 0.05) is 6.54 Å². The third-order valence-corrected chi connectivity index (χ3v) is 3.12. The Kier molecular flexibility index (Phi) is 4.55. The van der Waals surface area contributed by atoms with Crippen molar-refractivity contribution in [2.75, 3.05) is 0 Å². The average molecular weight is 308 g/mol. The van der Waals surface area contributed by atoms with Crippen LogP contribution in [0.2, 0.25) is 5.02 Å². The molecule has 0 saturated carbocycles. The van der Waals surface area contributed by atoms with E-state index in [1.54, 1.807) is 12.1 Å². The van der Waals surface area contributed by atoms with Crippen LogP contribution >= 0.6 is 11.6 Å². The van der Waals surface area contributed by atoms with Crippen LogP contribution in [0, 0.1) is 5.82 Å². The molecule has 2 rings (SSSR count). The highest BCUT2D eigenvalue weighted by atomic mass is 35.5. The van der Waals surface area contributed by atoms with E-state index >= 15 is 0 Å². The Morgan fingerprint density at radius 1 is 1.19 bits per heavy atom. The molecule has 6 heteroatoms. The Labute approximate surface area is 125 Å². The predicted octanol–water partition coefficient (Wildman–Crippen LogP) is 3.11. The molecular weight excluding hydrogens is 297 g/mol. The summed E-state index contributed by atoms with van der Waals surface area (Å²) in [6.45, 7) is 0.146. The third-order valence-electron chi connectivity index (χ3n) is 2.80. The normalized spacial score (nSPS) is 10.2. The van der Waals surface area contributed by atoms with Crippen LogP contribution in [0.25, 0.3) is 0 Å². The summed E-state index contributed by atoms with van der Waals surface area (Å²) >= 11 is 5.79. The summed E-state index contributed by atoms with van der Waals surface area (Å²) < 4.78 is 12.9. The van der Waals surface area contributed by atoms with E-state index in [-0.39, 0.29) is 22.7 Å². The predicted molar refractivity (Wildman–Crippen MR) is 76.0 cm³/mol. The van der Waals surface area contributed by atoms with Crippen molar-refractivity contribution in [1.82, 2.24) is 5.32 Å². The number of carboxylic acids is 1. The molecule has 0 aliphatic heterocycles. The van der Waals surface area contributed by atoms with Gasteiger partial charge < -0.3 is 10.4 Å². The third kappa shape index (κ3) is 3.79. The first-order valence-electron chi connectivity index (χ1n) is 6.03. The molecule has 2 N–H and O–H groups in total. The Hall–Kier alpha value is -2.40. The Morgan fingerprint density at radius 3 is 2.62 bits per heavy atom. The van der Waals surface area contributed by atoms with Crippen molar-refractivity contribution in [2.24, 2.45) is 0 Å². The molecule has 2 aromatic carbocycles. The summed E-state index contributed by atoms with van der Waals surface area (Å²) in [7, 11) is 0. The van der Waals surface area contributed by atoms with Gasteiger partial charge in [0.15, 0.2) is 0 Å². The van der Waals surface area contributed by atoms with Gasteiger partial charge in [-0.1, -0.05) is 23.7 Å². The van der Waals surface area contributed by atoms with Crippen molar-refractivity contribution >= 4 is 23.5 Å². The van der Waals surface area contributed by atoms with Gasteiger partial charge in [-0.05, 0) is 35.9 Å². The van der Waals surface area contributed by atoms with E-state index in [1.807, 2.05) is 0 Å². The lowest BCUT2D eigenvalue weighted by Crippen LogP contribution is -2.23. The zero-order valence-corrected chi connectivity index (χ0v) is 11.5. The molecule has 0 unspecified atom stereocenters. The molecule has 0 heterocycles. The summed E-state index contributed by atoms with van der Waals surface area (Å²) in [6, 6.07) is 9.71. The summed E-state index contributed by atoms with van der Waals surface area (Å²) in [5.41, 5.74) is 0.940. The number of hydrogen-bond donors (Lipinski definition) is 2. The number of carboxylic acid groups (broad SMARTS) is 1. The van der Waals surface area contributed by atoms with Crippen LogP contribution in [0.1, 0.15) is 26.3 Å². The van der Waals surface area contributed by atoms with Crippen LogP contribution in [0.4, 0.5) is 4.39 Å². The van der Waals surface area contributed by atoms with Crippen LogP contribution in [-0.4, -0.2) is 17.0 Å². The Balaban J connectivity index is 2.07. The maximum Gasteiger partial charge on any atom is 0.335 e. The topological polar surface area (TPSA) is 66.4 Å². The van der Waals surface area contributed by atoms with Crippen LogP contribution < -0.4 is 5.32 Å². The van der Waals surface area contributed by atoms with Crippen LogP contribution in [0.3, 0.4) is 0 Å². The fraction of sp³-hybridized carbons (Fsp3) is 0.0667. The summed E-state index contributed by atoms with van der Waals surface area (Å²) in [6.07, 6.45) is 0. The van der Waals surface area contributed by atoms with E-state index in [9.17, 15) is 14.0 Å². The van der Waals surface area contributed by atoms with Crippen molar-refractivity contribution in [1.29, 1.82) is 0 Å². The van der Waals surface area contributed by atoms with Crippen LogP contribution in [-0.2, 0) is 6.54 Å². The van der Waals surface area contributed by atoms with E-state index in [4.69, 9.17) is 16.7 Å². The number of rotatable bonds is 4. The minimum Gasteiger partial charge on any atom is -0.478 e. The Bertz CT molecular complexity index is 703. The first kappa shape index (κ1) is 15.0. The molecule has 2 aromatic rings. The van der Waals surface area contributed by atoms with E-state index in [0.717, 1.165) is 12.1 Å². The molecule has 21 heavy (non-hydrogen) atoms. The molecule has 0 fully saturated rings. The lowest BCUT2D eigenvalue weighted by molar-refractivity contribution is 0.0696. The van der Waals surface area contributed by atoms with E-state index in [2.05, 4.69) is 5.32 Å². The molecule has 1 amide bonds. The van der Waals surface area contributed by atoms with Gasteiger partial charge in [-0.25, -0.2) is 9.18 Å². The largest absolute Gasteiger partial charge is 0.478 e. The zero-order chi connectivity index (χ0) is 15.4. The number of amides is 1. The van der Waals surface area contributed by atoms with Crippen molar-refractivity contribution in [2.45, 2.75) is 6.54 Å². The van der Waals surface area contributed by atoms with Gasteiger partial charge in [-0.2, -0.15) is 0 Å². The molecule has 0 radical (unpaired) electrons. The molecule has 108 valence electrons. The smallest absolute Gasteiger partial charge is 0.335 e. The second-order valence-corrected chi connectivity index (χ2v) is 4.72. The molecule has 0 aromatic heterocycles.